The Morgan fingerprint density at radius 3 is 2.68 bits per heavy atom. The highest BCUT2D eigenvalue weighted by Crippen LogP contribution is 2.27. The Labute approximate surface area is 163 Å². The van der Waals surface area contributed by atoms with Gasteiger partial charge in [-0.2, -0.15) is 0 Å². The van der Waals surface area contributed by atoms with Crippen molar-refractivity contribution < 1.29 is 14.3 Å². The number of nitrogens with one attached hydrogen (secondary N) is 1. The van der Waals surface area contributed by atoms with Crippen LogP contribution >= 0.6 is 0 Å². The van der Waals surface area contributed by atoms with E-state index in [1.807, 2.05) is 43.1 Å². The molecule has 0 saturated heterocycles. The maximum absolute atomic E-state index is 12.4. The first kappa shape index (κ1) is 19.6. The predicted molar refractivity (Wildman–Crippen MR) is 110 cm³/mol. The molecule has 6 heteroatoms. The van der Waals surface area contributed by atoms with Crippen molar-refractivity contribution in [3.63, 3.8) is 0 Å². The van der Waals surface area contributed by atoms with Crippen molar-refractivity contribution in [1.29, 1.82) is 0 Å². The lowest BCUT2D eigenvalue weighted by molar-refractivity contribution is -0.117. The van der Waals surface area contributed by atoms with Gasteiger partial charge in [-0.1, -0.05) is 25.1 Å². The van der Waals surface area contributed by atoms with E-state index >= 15 is 0 Å². The number of aryl methyl sites for hydroxylation is 2. The molecule has 0 atom stereocenters. The van der Waals surface area contributed by atoms with E-state index in [-0.39, 0.29) is 18.2 Å². The van der Waals surface area contributed by atoms with Gasteiger partial charge < -0.3 is 14.8 Å². The number of amides is 1. The molecule has 1 heterocycles. The lowest BCUT2D eigenvalue weighted by Gasteiger charge is -2.18. The van der Waals surface area contributed by atoms with Gasteiger partial charge in [-0.25, -0.2) is 4.79 Å². The van der Waals surface area contributed by atoms with Crippen LogP contribution in [0, 0.1) is 6.92 Å². The number of para-hydroxylation sites is 1. The number of likely N-dealkylation sites (N-methyl/N-ethyl adjacent to an activating group) is 1. The van der Waals surface area contributed by atoms with Crippen LogP contribution in [0.25, 0.3) is 11.0 Å². The number of phenolic OH excluding ortho intramolecular Hbond substituents is 1. The zero-order chi connectivity index (χ0) is 20.3. The van der Waals surface area contributed by atoms with Gasteiger partial charge in [0, 0.05) is 29.2 Å². The van der Waals surface area contributed by atoms with Crippen LogP contribution in [0.1, 0.15) is 23.6 Å². The van der Waals surface area contributed by atoms with Gasteiger partial charge >= 0.3 is 5.63 Å². The highest BCUT2D eigenvalue weighted by molar-refractivity contribution is 5.93. The number of anilines is 1. The minimum atomic E-state index is -0.481. The number of rotatable bonds is 6. The van der Waals surface area contributed by atoms with Crippen molar-refractivity contribution in [2.24, 2.45) is 0 Å². The molecule has 0 radical (unpaired) electrons. The molecular formula is C22H24N2O4. The van der Waals surface area contributed by atoms with Crippen LogP contribution in [0.2, 0.25) is 0 Å². The number of hydrogen-bond donors (Lipinski definition) is 2. The van der Waals surface area contributed by atoms with Gasteiger partial charge in [-0.05, 0) is 49.7 Å². The average molecular weight is 380 g/mol. The number of nitrogens with zero attached hydrogens (tertiary/aromatic N) is 1. The van der Waals surface area contributed by atoms with Crippen LogP contribution in [0.3, 0.4) is 0 Å². The summed E-state index contributed by atoms with van der Waals surface area (Å²) in [6.07, 6.45) is 0.838. The predicted octanol–water partition coefficient (Wildman–Crippen LogP) is 3.44. The molecular weight excluding hydrogens is 356 g/mol. The molecule has 3 aromatic rings. The Morgan fingerprint density at radius 1 is 1.18 bits per heavy atom. The molecule has 28 heavy (non-hydrogen) atoms. The van der Waals surface area contributed by atoms with Crippen molar-refractivity contribution in [2.75, 3.05) is 18.9 Å². The Bertz CT molecular complexity index is 1070. The fraction of sp³-hybridized carbons (Fsp3) is 0.273. The monoisotopic (exact) mass is 380 g/mol. The van der Waals surface area contributed by atoms with E-state index in [1.165, 1.54) is 6.07 Å². The minimum Gasteiger partial charge on any atom is -0.508 e. The Balaban J connectivity index is 1.76. The van der Waals surface area contributed by atoms with Crippen LogP contribution in [0.4, 0.5) is 5.69 Å². The second-order valence-electron chi connectivity index (χ2n) is 6.91. The molecule has 6 nitrogen and oxygen atoms in total. The fourth-order valence-corrected chi connectivity index (χ4v) is 3.28. The lowest BCUT2D eigenvalue weighted by atomic mass is 10.1. The van der Waals surface area contributed by atoms with E-state index in [0.29, 0.717) is 17.7 Å². The molecule has 0 fully saturated rings. The highest BCUT2D eigenvalue weighted by atomic mass is 16.4. The maximum atomic E-state index is 12.4. The Morgan fingerprint density at radius 2 is 1.93 bits per heavy atom. The van der Waals surface area contributed by atoms with E-state index in [1.54, 1.807) is 19.1 Å². The summed E-state index contributed by atoms with van der Waals surface area (Å²) >= 11 is 0. The van der Waals surface area contributed by atoms with E-state index in [2.05, 4.69) is 5.32 Å². The first-order valence-corrected chi connectivity index (χ1v) is 9.20. The van der Waals surface area contributed by atoms with Crippen LogP contribution in [0.5, 0.6) is 5.75 Å². The minimum absolute atomic E-state index is 0.0788. The number of phenols is 1. The molecule has 0 aliphatic rings. The zero-order valence-electron chi connectivity index (χ0n) is 16.3. The smallest absolute Gasteiger partial charge is 0.336 e. The quantitative estimate of drug-likeness (QED) is 0.640. The van der Waals surface area contributed by atoms with E-state index in [9.17, 15) is 14.7 Å². The van der Waals surface area contributed by atoms with Crippen molar-refractivity contribution in [2.45, 2.75) is 26.8 Å². The largest absolute Gasteiger partial charge is 0.508 e. The lowest BCUT2D eigenvalue weighted by Crippen LogP contribution is -2.30. The summed E-state index contributed by atoms with van der Waals surface area (Å²) in [4.78, 5) is 26.2. The molecule has 0 aliphatic carbocycles. The Kier molecular flexibility index (Phi) is 5.80. The topological polar surface area (TPSA) is 82.8 Å². The third kappa shape index (κ3) is 4.23. The summed E-state index contributed by atoms with van der Waals surface area (Å²) in [7, 11) is 1.82. The molecule has 3 rings (SSSR count). The second kappa shape index (κ2) is 8.27. The summed E-state index contributed by atoms with van der Waals surface area (Å²) in [5.41, 5.74) is 3.07. The van der Waals surface area contributed by atoms with Gasteiger partial charge in [0.2, 0.25) is 5.91 Å². The molecule has 2 N–H and O–H groups in total. The van der Waals surface area contributed by atoms with Crippen molar-refractivity contribution in [3.05, 3.63) is 69.6 Å². The number of fused-ring (bicyclic) bond motifs is 1. The van der Waals surface area contributed by atoms with Gasteiger partial charge in [0.15, 0.2) is 0 Å². The maximum Gasteiger partial charge on any atom is 0.336 e. The fourth-order valence-electron chi connectivity index (χ4n) is 3.28. The summed E-state index contributed by atoms with van der Waals surface area (Å²) < 4.78 is 5.27. The molecule has 146 valence electrons. The molecule has 2 aromatic carbocycles. The van der Waals surface area contributed by atoms with Crippen LogP contribution in [0.15, 0.2) is 51.7 Å². The summed E-state index contributed by atoms with van der Waals surface area (Å²) in [6, 6.07) is 12.5. The normalized spacial score (nSPS) is 11.1. The van der Waals surface area contributed by atoms with Crippen LogP contribution < -0.4 is 10.9 Å². The van der Waals surface area contributed by atoms with E-state index in [4.69, 9.17) is 4.42 Å². The number of aromatic hydroxyl groups is 1. The third-order valence-electron chi connectivity index (χ3n) is 4.74. The number of benzene rings is 2. The number of carbonyl (C=O) groups is 1. The van der Waals surface area contributed by atoms with E-state index in [0.717, 1.165) is 28.6 Å². The summed E-state index contributed by atoms with van der Waals surface area (Å²) in [5.74, 6) is -0.0420. The number of hydrogen-bond acceptors (Lipinski definition) is 5. The third-order valence-corrected chi connectivity index (χ3v) is 4.74. The zero-order valence-corrected chi connectivity index (χ0v) is 16.3. The van der Waals surface area contributed by atoms with Crippen LogP contribution in [-0.2, 0) is 17.8 Å². The van der Waals surface area contributed by atoms with Crippen molar-refractivity contribution in [3.8, 4) is 5.75 Å². The van der Waals surface area contributed by atoms with Gasteiger partial charge in [0.1, 0.15) is 11.3 Å². The summed E-state index contributed by atoms with van der Waals surface area (Å²) in [5, 5.41) is 13.6. The second-order valence-corrected chi connectivity index (χ2v) is 6.91. The molecule has 0 unspecified atom stereocenters. The highest BCUT2D eigenvalue weighted by Gasteiger charge is 2.14. The van der Waals surface area contributed by atoms with Gasteiger partial charge in [0.25, 0.3) is 0 Å². The summed E-state index contributed by atoms with van der Waals surface area (Å²) in [6.45, 7) is 4.32. The molecule has 1 amide bonds. The molecule has 0 saturated carbocycles. The van der Waals surface area contributed by atoms with Gasteiger partial charge in [-0.3, -0.25) is 9.69 Å². The molecule has 0 aliphatic heterocycles. The SMILES string of the molecule is CCc1ccccc1NC(=O)CN(C)Cc1cc(=O)oc2c(C)c(O)ccc12. The molecule has 0 bridgehead atoms. The van der Waals surface area contributed by atoms with Gasteiger partial charge in [0.05, 0.1) is 6.54 Å². The Hall–Kier alpha value is -3.12. The standard InChI is InChI=1S/C22H24N2O4/c1-4-15-7-5-6-8-18(15)23-20(26)13-24(3)12-16-11-21(27)28-22-14(2)19(25)10-9-17(16)22/h5-11,25H,4,12-13H2,1-3H3,(H,23,26). The average Bonchev–Trinajstić information content (AvgIpc) is 2.65. The molecule has 1 aromatic heterocycles. The van der Waals surface area contributed by atoms with Crippen LogP contribution in [-0.4, -0.2) is 29.5 Å². The van der Waals surface area contributed by atoms with Gasteiger partial charge in [-0.15, -0.1) is 0 Å². The first-order valence-electron chi connectivity index (χ1n) is 9.20. The van der Waals surface area contributed by atoms with Crippen molar-refractivity contribution in [1.82, 2.24) is 4.90 Å². The molecule has 0 spiro atoms. The number of carbonyl (C=O) groups excluding carboxylic acids is 1. The van der Waals surface area contributed by atoms with E-state index < -0.39 is 5.63 Å². The first-order chi connectivity index (χ1) is 13.4. The van der Waals surface area contributed by atoms with Crippen molar-refractivity contribution >= 4 is 22.6 Å².